The van der Waals surface area contributed by atoms with Gasteiger partial charge in [0.25, 0.3) is 0 Å². The van der Waals surface area contributed by atoms with E-state index in [1.807, 2.05) is 24.3 Å². The Morgan fingerprint density at radius 2 is 1.70 bits per heavy atom. The van der Waals surface area contributed by atoms with Gasteiger partial charge in [-0.2, -0.15) is 13.2 Å². The average Bonchev–Trinajstić information content (AvgIpc) is 3.74. The molecular formula is C32H30ClF3N2O4S. The number of carbonyl (C=O) groups is 2. The number of rotatable bonds is 8. The van der Waals surface area contributed by atoms with Crippen LogP contribution in [-0.4, -0.2) is 23.3 Å². The summed E-state index contributed by atoms with van der Waals surface area (Å²) in [6.07, 6.45) is 7.38. The molecule has 0 bridgehead atoms. The Balaban J connectivity index is 1.41. The number of amides is 1. The number of hydrogen-bond acceptors (Lipinski definition) is 5. The summed E-state index contributed by atoms with van der Waals surface area (Å²) in [5.41, 5.74) is 9.52. The maximum absolute atomic E-state index is 13.4. The second kappa shape index (κ2) is 12.1. The maximum atomic E-state index is 13.4. The quantitative estimate of drug-likeness (QED) is 0.270. The molecule has 1 saturated carbocycles. The van der Waals surface area contributed by atoms with Crippen LogP contribution in [0.4, 0.5) is 28.7 Å². The number of ether oxygens (including phenoxy) is 1. The molecule has 1 aromatic carbocycles. The van der Waals surface area contributed by atoms with Gasteiger partial charge in [-0.05, 0) is 74.3 Å². The highest BCUT2D eigenvalue weighted by atomic mass is 35.5. The average molecular weight is 631 g/mol. The minimum Gasteiger partial charge on any atom is -0.481 e. The lowest BCUT2D eigenvalue weighted by atomic mass is 9.82. The molecule has 43 heavy (non-hydrogen) atoms. The van der Waals surface area contributed by atoms with Crippen LogP contribution >= 0.6 is 22.9 Å². The summed E-state index contributed by atoms with van der Waals surface area (Å²) >= 11 is 7.25. The summed E-state index contributed by atoms with van der Waals surface area (Å²) in [5.74, 6) is -0.757. The molecule has 5 rings (SSSR count). The number of benzene rings is 1. The minimum atomic E-state index is -4.57. The lowest BCUT2D eigenvalue weighted by Gasteiger charge is -2.23. The molecule has 1 amide bonds. The number of nitrogens with two attached hydrogens (primary N) is 1. The van der Waals surface area contributed by atoms with Crippen LogP contribution in [0.2, 0.25) is 5.02 Å². The first-order chi connectivity index (χ1) is 20.4. The van der Waals surface area contributed by atoms with Crippen molar-refractivity contribution in [2.75, 3.05) is 11.1 Å². The number of carboxylic acid groups (broad SMARTS) is 1. The number of nitrogens with one attached hydrogen (secondary N) is 1. The predicted molar refractivity (Wildman–Crippen MR) is 164 cm³/mol. The molecular weight excluding hydrogens is 601 g/mol. The Labute approximate surface area is 256 Å². The van der Waals surface area contributed by atoms with Crippen LogP contribution in [0.3, 0.4) is 0 Å². The van der Waals surface area contributed by atoms with E-state index in [9.17, 15) is 27.9 Å². The van der Waals surface area contributed by atoms with Crippen molar-refractivity contribution in [2.45, 2.75) is 58.2 Å². The van der Waals surface area contributed by atoms with E-state index in [2.05, 4.69) is 5.32 Å². The van der Waals surface area contributed by atoms with Gasteiger partial charge >= 0.3 is 18.2 Å². The summed E-state index contributed by atoms with van der Waals surface area (Å²) in [4.78, 5) is 25.1. The number of thiophene rings is 1. The Hall–Kier alpha value is -3.76. The van der Waals surface area contributed by atoms with Gasteiger partial charge in [-0.15, -0.1) is 11.3 Å². The highest BCUT2D eigenvalue weighted by Crippen LogP contribution is 2.55. The Bertz CT molecular complexity index is 1630. The number of carboxylic acids is 1. The van der Waals surface area contributed by atoms with Crippen LogP contribution in [0.25, 0.3) is 11.6 Å². The topological polar surface area (TPSA) is 102 Å². The minimum absolute atomic E-state index is 0.0697. The molecule has 0 aliphatic heterocycles. The SMILES string of the molecule is CC(=Cc1c(N)sc(C2=CC=C(C3=CC=C(C4(C(=O)O)CC4)CC3)CC2)c1NC(=O)OCc1ccccc1Cl)C(F)(F)F. The van der Waals surface area contributed by atoms with Crippen molar-refractivity contribution in [3.05, 3.63) is 91.9 Å². The zero-order valence-corrected chi connectivity index (χ0v) is 24.9. The number of anilines is 2. The molecule has 2 aromatic rings. The van der Waals surface area contributed by atoms with Crippen LogP contribution < -0.4 is 11.1 Å². The molecule has 3 aliphatic rings. The molecule has 4 N–H and O–H groups in total. The molecule has 0 spiro atoms. The van der Waals surface area contributed by atoms with E-state index in [-0.39, 0.29) is 22.9 Å². The van der Waals surface area contributed by atoms with Gasteiger partial charge in [0.15, 0.2) is 0 Å². The normalized spacial score (nSPS) is 18.2. The third-order valence-electron chi connectivity index (χ3n) is 8.10. The molecule has 1 fully saturated rings. The van der Waals surface area contributed by atoms with Crippen LogP contribution in [0, 0.1) is 5.41 Å². The molecule has 1 heterocycles. The van der Waals surface area contributed by atoms with E-state index >= 15 is 0 Å². The van der Waals surface area contributed by atoms with E-state index < -0.39 is 29.2 Å². The molecule has 6 nitrogen and oxygen atoms in total. The Kier molecular flexibility index (Phi) is 8.63. The lowest BCUT2D eigenvalue weighted by Crippen LogP contribution is -2.18. The number of allylic oxidation sites excluding steroid dienone is 8. The summed E-state index contributed by atoms with van der Waals surface area (Å²) in [7, 11) is 0. The summed E-state index contributed by atoms with van der Waals surface area (Å²) in [5, 5.41) is 12.8. The molecule has 226 valence electrons. The zero-order valence-electron chi connectivity index (χ0n) is 23.3. The highest BCUT2D eigenvalue weighted by molar-refractivity contribution is 7.18. The largest absolute Gasteiger partial charge is 0.481 e. The molecule has 1 aromatic heterocycles. The lowest BCUT2D eigenvalue weighted by molar-refractivity contribution is -0.141. The number of aliphatic carboxylic acids is 1. The van der Waals surface area contributed by atoms with Crippen molar-refractivity contribution in [2.24, 2.45) is 5.41 Å². The fourth-order valence-corrected chi connectivity index (χ4v) is 6.59. The second-order valence-electron chi connectivity index (χ2n) is 10.9. The summed E-state index contributed by atoms with van der Waals surface area (Å²) in [6.45, 7) is 0.825. The zero-order chi connectivity index (χ0) is 30.9. The van der Waals surface area contributed by atoms with E-state index in [0.717, 1.165) is 53.0 Å². The van der Waals surface area contributed by atoms with Gasteiger partial charge in [-0.1, -0.05) is 59.7 Å². The van der Waals surface area contributed by atoms with Gasteiger partial charge in [0.2, 0.25) is 0 Å². The Morgan fingerprint density at radius 1 is 1.07 bits per heavy atom. The van der Waals surface area contributed by atoms with Gasteiger partial charge in [0, 0.05) is 21.7 Å². The monoisotopic (exact) mass is 630 g/mol. The molecule has 0 unspecified atom stereocenters. The van der Waals surface area contributed by atoms with Crippen molar-refractivity contribution >= 4 is 57.3 Å². The standard InChI is InChI=1S/C32H30ClF3N2O4S/c1-18(32(34,35)36)16-24-26(38-30(41)42-17-22-4-2-3-5-25(22)33)27(43-28(24)37)21-8-6-19(7-9-21)20-10-12-23(13-11-20)31(14-15-31)29(39)40/h2-6,8,10,12,16H,7,9,11,13-15,17,37H2,1H3,(H,38,41)(H,39,40). The third kappa shape index (κ3) is 6.60. The van der Waals surface area contributed by atoms with E-state index in [4.69, 9.17) is 22.1 Å². The first-order valence-corrected chi connectivity index (χ1v) is 15.0. The smallest absolute Gasteiger partial charge is 0.412 e. The molecule has 0 saturated heterocycles. The van der Waals surface area contributed by atoms with Crippen molar-refractivity contribution in [3.63, 3.8) is 0 Å². The van der Waals surface area contributed by atoms with Gasteiger partial charge in [0.1, 0.15) is 6.61 Å². The van der Waals surface area contributed by atoms with Crippen LogP contribution in [0.5, 0.6) is 0 Å². The first kappa shape index (κ1) is 30.7. The van der Waals surface area contributed by atoms with E-state index in [1.54, 1.807) is 24.3 Å². The number of halogens is 4. The molecule has 0 atom stereocenters. The van der Waals surface area contributed by atoms with Gasteiger partial charge in [-0.3, -0.25) is 10.1 Å². The van der Waals surface area contributed by atoms with Crippen molar-refractivity contribution in [1.29, 1.82) is 0 Å². The number of alkyl halides is 3. The second-order valence-corrected chi connectivity index (χ2v) is 12.3. The summed E-state index contributed by atoms with van der Waals surface area (Å²) < 4.78 is 45.6. The molecule has 11 heteroatoms. The van der Waals surface area contributed by atoms with Gasteiger partial charge in [-0.25, -0.2) is 4.79 Å². The summed E-state index contributed by atoms with van der Waals surface area (Å²) in [6, 6.07) is 6.86. The van der Waals surface area contributed by atoms with E-state index in [1.165, 1.54) is 0 Å². The molecule has 3 aliphatic carbocycles. The van der Waals surface area contributed by atoms with E-state index in [0.29, 0.717) is 47.6 Å². The number of hydrogen-bond donors (Lipinski definition) is 3. The maximum Gasteiger partial charge on any atom is 0.412 e. The molecule has 0 radical (unpaired) electrons. The predicted octanol–water partition coefficient (Wildman–Crippen LogP) is 9.31. The third-order valence-corrected chi connectivity index (χ3v) is 9.58. The number of nitrogen functional groups attached to an aromatic ring is 1. The Morgan fingerprint density at radius 3 is 2.26 bits per heavy atom. The highest BCUT2D eigenvalue weighted by Gasteiger charge is 2.52. The van der Waals surface area contributed by atoms with Gasteiger partial charge in [0.05, 0.1) is 21.0 Å². The van der Waals surface area contributed by atoms with Crippen LogP contribution in [-0.2, 0) is 16.1 Å². The first-order valence-electron chi connectivity index (χ1n) is 13.8. The van der Waals surface area contributed by atoms with Crippen LogP contribution in [0.15, 0.2) is 70.9 Å². The van der Waals surface area contributed by atoms with Crippen molar-refractivity contribution < 1.29 is 32.6 Å². The van der Waals surface area contributed by atoms with Crippen molar-refractivity contribution in [3.8, 4) is 0 Å². The number of carbonyl (C=O) groups excluding carboxylic acids is 1. The van der Waals surface area contributed by atoms with Gasteiger partial charge < -0.3 is 15.6 Å². The fourth-order valence-electron chi connectivity index (χ4n) is 5.35. The fraction of sp³-hybridized carbons (Fsp3) is 0.312. The van der Waals surface area contributed by atoms with Crippen molar-refractivity contribution in [1.82, 2.24) is 0 Å². The van der Waals surface area contributed by atoms with Crippen LogP contribution in [0.1, 0.15) is 61.5 Å².